The van der Waals surface area contributed by atoms with E-state index in [9.17, 15) is 0 Å². The van der Waals surface area contributed by atoms with E-state index < -0.39 is 0 Å². The summed E-state index contributed by atoms with van der Waals surface area (Å²) < 4.78 is 0. The van der Waals surface area contributed by atoms with E-state index in [0.29, 0.717) is 5.92 Å². The molecule has 1 aliphatic carbocycles. The SMILES string of the molecule is c1ccc(C2CCCc3ccccc3C2)cc1. The van der Waals surface area contributed by atoms with Gasteiger partial charge in [0.05, 0.1) is 0 Å². The molecule has 1 unspecified atom stereocenters. The van der Waals surface area contributed by atoms with Crippen LogP contribution in [0.25, 0.3) is 0 Å². The van der Waals surface area contributed by atoms with Crippen LogP contribution in [0.3, 0.4) is 0 Å². The standard InChI is InChI=1S/C17H18/c1-2-7-14(8-3-1)17-12-6-11-15-9-4-5-10-16(15)13-17/h1-5,7-10,17H,6,11-13H2. The second kappa shape index (κ2) is 4.75. The van der Waals surface area contributed by atoms with E-state index in [2.05, 4.69) is 54.6 Å². The molecule has 0 N–H and O–H groups in total. The van der Waals surface area contributed by atoms with Crippen LogP contribution in [0.1, 0.15) is 35.4 Å². The number of rotatable bonds is 1. The Morgan fingerprint density at radius 3 is 2.29 bits per heavy atom. The highest BCUT2D eigenvalue weighted by molar-refractivity contribution is 5.32. The van der Waals surface area contributed by atoms with Crippen molar-refractivity contribution in [2.75, 3.05) is 0 Å². The summed E-state index contributed by atoms with van der Waals surface area (Å²) in [4.78, 5) is 0. The lowest BCUT2D eigenvalue weighted by Crippen LogP contribution is -2.01. The zero-order chi connectivity index (χ0) is 11.5. The van der Waals surface area contributed by atoms with Gasteiger partial charge in [0, 0.05) is 0 Å². The lowest BCUT2D eigenvalue weighted by molar-refractivity contribution is 0.612. The number of benzene rings is 2. The zero-order valence-corrected chi connectivity index (χ0v) is 10.1. The fraction of sp³-hybridized carbons (Fsp3) is 0.294. The topological polar surface area (TPSA) is 0 Å². The van der Waals surface area contributed by atoms with Gasteiger partial charge in [-0.1, -0.05) is 54.6 Å². The molecule has 0 heteroatoms. The van der Waals surface area contributed by atoms with Crippen molar-refractivity contribution in [3.8, 4) is 0 Å². The molecule has 0 saturated carbocycles. The Morgan fingerprint density at radius 1 is 0.765 bits per heavy atom. The highest BCUT2D eigenvalue weighted by Crippen LogP contribution is 2.31. The maximum absolute atomic E-state index is 2.30. The molecule has 0 saturated heterocycles. The fourth-order valence-electron chi connectivity index (χ4n) is 2.92. The molecular formula is C17H18. The van der Waals surface area contributed by atoms with Crippen LogP contribution >= 0.6 is 0 Å². The summed E-state index contributed by atoms with van der Waals surface area (Å²) in [6.45, 7) is 0. The molecule has 17 heavy (non-hydrogen) atoms. The maximum atomic E-state index is 2.30. The van der Waals surface area contributed by atoms with Crippen molar-refractivity contribution in [2.24, 2.45) is 0 Å². The minimum Gasteiger partial charge on any atom is -0.0622 e. The van der Waals surface area contributed by atoms with Gasteiger partial charge in [0.1, 0.15) is 0 Å². The molecule has 1 aliphatic rings. The van der Waals surface area contributed by atoms with Crippen molar-refractivity contribution < 1.29 is 0 Å². The van der Waals surface area contributed by atoms with Crippen LogP contribution in [0.2, 0.25) is 0 Å². The molecule has 0 nitrogen and oxygen atoms in total. The van der Waals surface area contributed by atoms with Gasteiger partial charge in [-0.3, -0.25) is 0 Å². The monoisotopic (exact) mass is 222 g/mol. The van der Waals surface area contributed by atoms with E-state index in [1.165, 1.54) is 31.2 Å². The molecule has 0 radical (unpaired) electrons. The normalized spacial score (nSPS) is 19.4. The summed E-state index contributed by atoms with van der Waals surface area (Å²) in [5.74, 6) is 0.708. The highest BCUT2D eigenvalue weighted by atomic mass is 14.2. The third kappa shape index (κ3) is 2.26. The van der Waals surface area contributed by atoms with Gasteiger partial charge in [-0.15, -0.1) is 0 Å². The first kappa shape index (κ1) is 10.6. The summed E-state index contributed by atoms with van der Waals surface area (Å²) in [7, 11) is 0. The van der Waals surface area contributed by atoms with Gasteiger partial charge in [-0.05, 0) is 48.3 Å². The second-order valence-corrected chi connectivity index (χ2v) is 4.97. The zero-order valence-electron chi connectivity index (χ0n) is 10.1. The second-order valence-electron chi connectivity index (χ2n) is 4.97. The number of hydrogen-bond acceptors (Lipinski definition) is 0. The van der Waals surface area contributed by atoms with E-state index in [0.717, 1.165) is 0 Å². The Hall–Kier alpha value is -1.56. The van der Waals surface area contributed by atoms with Crippen molar-refractivity contribution >= 4 is 0 Å². The van der Waals surface area contributed by atoms with Gasteiger partial charge in [-0.25, -0.2) is 0 Å². The Kier molecular flexibility index (Phi) is 2.96. The molecule has 0 bridgehead atoms. The Labute approximate surface area is 103 Å². The predicted molar refractivity (Wildman–Crippen MR) is 72.3 cm³/mol. The van der Waals surface area contributed by atoms with Gasteiger partial charge >= 0.3 is 0 Å². The lowest BCUT2D eigenvalue weighted by atomic mass is 9.90. The van der Waals surface area contributed by atoms with Crippen molar-refractivity contribution in [1.82, 2.24) is 0 Å². The van der Waals surface area contributed by atoms with Crippen molar-refractivity contribution in [3.63, 3.8) is 0 Å². The average Bonchev–Trinajstić information content (AvgIpc) is 2.62. The van der Waals surface area contributed by atoms with E-state index in [1.54, 1.807) is 11.1 Å². The summed E-state index contributed by atoms with van der Waals surface area (Å²) >= 11 is 0. The van der Waals surface area contributed by atoms with Crippen LogP contribution in [0, 0.1) is 0 Å². The van der Waals surface area contributed by atoms with Crippen molar-refractivity contribution in [2.45, 2.75) is 31.6 Å². The molecule has 0 aromatic heterocycles. The average molecular weight is 222 g/mol. The smallest absolute Gasteiger partial charge is 0.0121 e. The van der Waals surface area contributed by atoms with Gasteiger partial charge in [0.25, 0.3) is 0 Å². The minimum absolute atomic E-state index is 0.708. The maximum Gasteiger partial charge on any atom is -0.0121 e. The van der Waals surface area contributed by atoms with Gasteiger partial charge in [0.2, 0.25) is 0 Å². The van der Waals surface area contributed by atoms with Crippen LogP contribution in [0.5, 0.6) is 0 Å². The first-order valence-electron chi connectivity index (χ1n) is 6.55. The Balaban J connectivity index is 1.91. The summed E-state index contributed by atoms with van der Waals surface area (Å²) in [5, 5.41) is 0. The Morgan fingerprint density at radius 2 is 1.47 bits per heavy atom. The minimum atomic E-state index is 0.708. The summed E-state index contributed by atoms with van der Waals surface area (Å²) in [5.41, 5.74) is 4.62. The van der Waals surface area contributed by atoms with Crippen LogP contribution in [-0.4, -0.2) is 0 Å². The quantitative estimate of drug-likeness (QED) is 0.629. The van der Waals surface area contributed by atoms with Crippen LogP contribution in [0.15, 0.2) is 54.6 Å². The molecule has 0 fully saturated rings. The summed E-state index contributed by atoms with van der Waals surface area (Å²) in [6.07, 6.45) is 5.09. The largest absolute Gasteiger partial charge is 0.0622 e. The molecule has 86 valence electrons. The highest BCUT2D eigenvalue weighted by Gasteiger charge is 2.17. The van der Waals surface area contributed by atoms with Crippen molar-refractivity contribution in [1.29, 1.82) is 0 Å². The van der Waals surface area contributed by atoms with E-state index in [4.69, 9.17) is 0 Å². The Bertz CT molecular complexity index is 484. The predicted octanol–water partition coefficient (Wildman–Crippen LogP) is 4.35. The first-order chi connectivity index (χ1) is 8.43. The molecule has 0 heterocycles. The molecular weight excluding hydrogens is 204 g/mol. The van der Waals surface area contributed by atoms with Gasteiger partial charge in [-0.2, -0.15) is 0 Å². The molecule has 3 rings (SSSR count). The number of hydrogen-bond donors (Lipinski definition) is 0. The molecule has 0 aliphatic heterocycles. The molecule has 2 aromatic rings. The molecule has 0 amide bonds. The molecule has 1 atom stereocenters. The van der Waals surface area contributed by atoms with E-state index >= 15 is 0 Å². The van der Waals surface area contributed by atoms with Gasteiger partial charge < -0.3 is 0 Å². The number of fused-ring (bicyclic) bond motifs is 1. The third-order valence-corrected chi connectivity index (χ3v) is 3.85. The molecule has 0 spiro atoms. The first-order valence-corrected chi connectivity index (χ1v) is 6.55. The number of aryl methyl sites for hydroxylation is 1. The lowest BCUT2D eigenvalue weighted by Gasteiger charge is -2.15. The van der Waals surface area contributed by atoms with Crippen LogP contribution in [-0.2, 0) is 12.8 Å². The third-order valence-electron chi connectivity index (χ3n) is 3.85. The van der Waals surface area contributed by atoms with E-state index in [1.807, 2.05) is 0 Å². The fourth-order valence-corrected chi connectivity index (χ4v) is 2.92. The van der Waals surface area contributed by atoms with Gasteiger partial charge in [0.15, 0.2) is 0 Å². The van der Waals surface area contributed by atoms with Crippen molar-refractivity contribution in [3.05, 3.63) is 71.3 Å². The molecule has 2 aromatic carbocycles. The summed E-state index contributed by atoms with van der Waals surface area (Å²) in [6, 6.07) is 19.9. The van der Waals surface area contributed by atoms with Crippen LogP contribution in [0.4, 0.5) is 0 Å². The van der Waals surface area contributed by atoms with Crippen LogP contribution < -0.4 is 0 Å². The van der Waals surface area contributed by atoms with E-state index in [-0.39, 0.29) is 0 Å².